The predicted molar refractivity (Wildman–Crippen MR) is 69.5 cm³/mol. The van der Waals surface area contributed by atoms with E-state index < -0.39 is 0 Å². The average Bonchev–Trinajstić information content (AvgIpc) is 2.80. The van der Waals surface area contributed by atoms with Crippen molar-refractivity contribution in [1.82, 2.24) is 0 Å². The smallest absolute Gasteiger partial charge is 0.292 e. The number of benzene rings is 1. The summed E-state index contributed by atoms with van der Waals surface area (Å²) in [5, 5.41) is 18.0. The van der Waals surface area contributed by atoms with Crippen molar-refractivity contribution in [2.45, 2.75) is 13.5 Å². The Hall–Kier alpha value is -1.88. The number of hydrogen-bond acceptors (Lipinski definition) is 4. The van der Waals surface area contributed by atoms with Crippen LogP contribution in [0, 0.1) is 17.0 Å². The molecular formula is C12H12N2O2S. The standard InChI is InChI=1S/C12H12N2O2S/c1-9-2-3-11(12(6-9)14(15)16)13-7-10-4-5-17-8-10/h2-6,8,13H,7H2,1H3. The highest BCUT2D eigenvalue weighted by Gasteiger charge is 2.13. The first-order valence-electron chi connectivity index (χ1n) is 5.17. The van der Waals surface area contributed by atoms with Gasteiger partial charge in [0.25, 0.3) is 5.69 Å². The zero-order chi connectivity index (χ0) is 12.3. The molecule has 0 aliphatic carbocycles. The molecule has 0 aliphatic heterocycles. The molecule has 5 heteroatoms. The Morgan fingerprint density at radius 1 is 1.41 bits per heavy atom. The number of nitro groups is 1. The van der Waals surface area contributed by atoms with Gasteiger partial charge in [0.1, 0.15) is 5.69 Å². The predicted octanol–water partition coefficient (Wildman–Crippen LogP) is 3.58. The Morgan fingerprint density at radius 3 is 2.88 bits per heavy atom. The molecule has 0 atom stereocenters. The quantitative estimate of drug-likeness (QED) is 0.664. The van der Waals surface area contributed by atoms with Gasteiger partial charge < -0.3 is 5.32 Å². The number of rotatable bonds is 4. The van der Waals surface area contributed by atoms with Gasteiger partial charge in [-0.2, -0.15) is 11.3 Å². The molecule has 0 amide bonds. The lowest BCUT2D eigenvalue weighted by Crippen LogP contribution is -2.02. The van der Waals surface area contributed by atoms with Crippen molar-refractivity contribution < 1.29 is 4.92 Å². The minimum absolute atomic E-state index is 0.125. The van der Waals surface area contributed by atoms with Gasteiger partial charge in [-0.05, 0) is 40.9 Å². The van der Waals surface area contributed by atoms with E-state index in [0.717, 1.165) is 11.1 Å². The van der Waals surface area contributed by atoms with E-state index >= 15 is 0 Å². The van der Waals surface area contributed by atoms with Gasteiger partial charge in [0.15, 0.2) is 0 Å². The minimum atomic E-state index is -0.358. The van der Waals surface area contributed by atoms with E-state index in [-0.39, 0.29) is 10.6 Å². The van der Waals surface area contributed by atoms with Gasteiger partial charge in [-0.3, -0.25) is 10.1 Å². The molecule has 0 unspecified atom stereocenters. The van der Waals surface area contributed by atoms with Crippen LogP contribution in [0.2, 0.25) is 0 Å². The molecule has 88 valence electrons. The van der Waals surface area contributed by atoms with Gasteiger partial charge in [0.2, 0.25) is 0 Å². The van der Waals surface area contributed by atoms with E-state index in [1.807, 2.05) is 29.8 Å². The fourth-order valence-electron chi connectivity index (χ4n) is 1.53. The Bertz CT molecular complexity index is 523. The van der Waals surface area contributed by atoms with Crippen LogP contribution in [0.15, 0.2) is 35.0 Å². The fraction of sp³-hybridized carbons (Fsp3) is 0.167. The lowest BCUT2D eigenvalue weighted by atomic mass is 10.2. The van der Waals surface area contributed by atoms with Crippen LogP contribution in [0.5, 0.6) is 0 Å². The van der Waals surface area contributed by atoms with Crippen LogP contribution in [0.1, 0.15) is 11.1 Å². The van der Waals surface area contributed by atoms with Crippen LogP contribution in [-0.2, 0) is 6.54 Å². The number of nitro benzene ring substituents is 1. The zero-order valence-corrected chi connectivity index (χ0v) is 10.2. The second-order valence-corrected chi connectivity index (χ2v) is 4.54. The molecule has 17 heavy (non-hydrogen) atoms. The average molecular weight is 248 g/mol. The molecule has 0 radical (unpaired) electrons. The van der Waals surface area contributed by atoms with Crippen LogP contribution in [0.25, 0.3) is 0 Å². The highest BCUT2D eigenvalue weighted by atomic mass is 32.1. The largest absolute Gasteiger partial charge is 0.375 e. The number of anilines is 1. The van der Waals surface area contributed by atoms with Crippen LogP contribution < -0.4 is 5.32 Å². The molecule has 0 aliphatic rings. The number of thiophene rings is 1. The van der Waals surface area contributed by atoms with Crippen molar-refractivity contribution in [3.63, 3.8) is 0 Å². The molecule has 2 rings (SSSR count). The summed E-state index contributed by atoms with van der Waals surface area (Å²) in [5.74, 6) is 0. The highest BCUT2D eigenvalue weighted by Crippen LogP contribution is 2.25. The maximum absolute atomic E-state index is 10.9. The molecule has 0 saturated carbocycles. The van der Waals surface area contributed by atoms with Gasteiger partial charge in [0, 0.05) is 12.6 Å². The van der Waals surface area contributed by atoms with Crippen molar-refractivity contribution >= 4 is 22.7 Å². The Labute approximate surface area is 103 Å². The third-order valence-electron chi connectivity index (χ3n) is 2.41. The summed E-state index contributed by atoms with van der Waals surface area (Å²) >= 11 is 1.61. The summed E-state index contributed by atoms with van der Waals surface area (Å²) in [6, 6.07) is 7.19. The normalized spacial score (nSPS) is 10.2. The molecule has 4 nitrogen and oxygen atoms in total. The summed E-state index contributed by atoms with van der Waals surface area (Å²) in [6.45, 7) is 2.45. The maximum atomic E-state index is 10.9. The molecule has 1 aromatic heterocycles. The third kappa shape index (κ3) is 2.82. The van der Waals surface area contributed by atoms with E-state index in [4.69, 9.17) is 0 Å². The molecule has 1 N–H and O–H groups in total. The van der Waals surface area contributed by atoms with E-state index in [1.54, 1.807) is 23.5 Å². The van der Waals surface area contributed by atoms with Crippen LogP contribution >= 0.6 is 11.3 Å². The van der Waals surface area contributed by atoms with Crippen molar-refractivity contribution in [1.29, 1.82) is 0 Å². The lowest BCUT2D eigenvalue weighted by Gasteiger charge is -2.06. The number of aryl methyl sites for hydroxylation is 1. The Morgan fingerprint density at radius 2 is 2.24 bits per heavy atom. The molecular weight excluding hydrogens is 236 g/mol. The molecule has 2 aromatic rings. The molecule has 1 aromatic carbocycles. The lowest BCUT2D eigenvalue weighted by molar-refractivity contribution is -0.384. The van der Waals surface area contributed by atoms with E-state index in [2.05, 4.69) is 5.32 Å². The van der Waals surface area contributed by atoms with Gasteiger partial charge in [-0.1, -0.05) is 6.07 Å². The van der Waals surface area contributed by atoms with Crippen LogP contribution in [0.3, 0.4) is 0 Å². The summed E-state index contributed by atoms with van der Waals surface area (Å²) in [5.41, 5.74) is 2.70. The summed E-state index contributed by atoms with van der Waals surface area (Å²) < 4.78 is 0. The van der Waals surface area contributed by atoms with Crippen molar-refractivity contribution in [2.24, 2.45) is 0 Å². The minimum Gasteiger partial charge on any atom is -0.375 e. The first-order valence-corrected chi connectivity index (χ1v) is 6.11. The van der Waals surface area contributed by atoms with Crippen molar-refractivity contribution in [3.8, 4) is 0 Å². The van der Waals surface area contributed by atoms with Crippen molar-refractivity contribution in [3.05, 3.63) is 56.3 Å². The molecule has 0 spiro atoms. The third-order valence-corrected chi connectivity index (χ3v) is 3.15. The second kappa shape index (κ2) is 4.97. The van der Waals surface area contributed by atoms with Crippen LogP contribution in [-0.4, -0.2) is 4.92 Å². The van der Waals surface area contributed by atoms with Gasteiger partial charge in [-0.15, -0.1) is 0 Å². The molecule has 0 fully saturated rings. The van der Waals surface area contributed by atoms with Gasteiger partial charge in [0.05, 0.1) is 4.92 Å². The topological polar surface area (TPSA) is 55.2 Å². The summed E-state index contributed by atoms with van der Waals surface area (Å²) in [6.07, 6.45) is 0. The SMILES string of the molecule is Cc1ccc(NCc2ccsc2)c([N+](=O)[O-])c1. The monoisotopic (exact) mass is 248 g/mol. The maximum Gasteiger partial charge on any atom is 0.292 e. The number of nitrogens with zero attached hydrogens (tertiary/aromatic N) is 1. The second-order valence-electron chi connectivity index (χ2n) is 3.76. The number of nitrogens with one attached hydrogen (secondary N) is 1. The first-order chi connectivity index (χ1) is 8.16. The van der Waals surface area contributed by atoms with Gasteiger partial charge >= 0.3 is 0 Å². The summed E-state index contributed by atoms with van der Waals surface area (Å²) in [4.78, 5) is 10.5. The molecule has 0 saturated heterocycles. The van der Waals surface area contributed by atoms with Crippen LogP contribution in [0.4, 0.5) is 11.4 Å². The van der Waals surface area contributed by atoms with Gasteiger partial charge in [-0.25, -0.2) is 0 Å². The highest BCUT2D eigenvalue weighted by molar-refractivity contribution is 7.07. The number of hydrogen-bond donors (Lipinski definition) is 1. The fourth-order valence-corrected chi connectivity index (χ4v) is 2.20. The Kier molecular flexibility index (Phi) is 3.39. The van der Waals surface area contributed by atoms with E-state index in [0.29, 0.717) is 12.2 Å². The molecule has 0 bridgehead atoms. The molecule has 1 heterocycles. The summed E-state index contributed by atoms with van der Waals surface area (Å²) in [7, 11) is 0. The van der Waals surface area contributed by atoms with E-state index in [9.17, 15) is 10.1 Å². The Balaban J connectivity index is 2.17. The van der Waals surface area contributed by atoms with E-state index in [1.165, 1.54) is 0 Å². The van der Waals surface area contributed by atoms with Crippen molar-refractivity contribution in [2.75, 3.05) is 5.32 Å². The zero-order valence-electron chi connectivity index (χ0n) is 9.34. The first kappa shape index (κ1) is 11.6.